The molecule has 21 heavy (non-hydrogen) atoms. The maximum atomic E-state index is 10.1. The molecule has 4 nitrogen and oxygen atoms in total. The van der Waals surface area contributed by atoms with E-state index >= 15 is 0 Å². The second-order valence-corrected chi connectivity index (χ2v) is 5.97. The van der Waals surface area contributed by atoms with Crippen molar-refractivity contribution in [1.29, 1.82) is 0 Å². The van der Waals surface area contributed by atoms with Gasteiger partial charge >= 0.3 is 0 Å². The van der Waals surface area contributed by atoms with E-state index in [0.717, 1.165) is 36.9 Å². The number of hydrogen-bond donors (Lipinski definition) is 2. The summed E-state index contributed by atoms with van der Waals surface area (Å²) < 4.78 is 5.27. The van der Waals surface area contributed by atoms with Gasteiger partial charge in [0, 0.05) is 11.6 Å². The molecule has 1 aliphatic rings. The van der Waals surface area contributed by atoms with Gasteiger partial charge in [0.25, 0.3) is 0 Å². The number of nitrogens with zero attached hydrogens (tertiary/aromatic N) is 1. The fraction of sp³-hybridized carbons (Fsp3) is 0.647. The fourth-order valence-corrected chi connectivity index (χ4v) is 3.17. The van der Waals surface area contributed by atoms with Crippen LogP contribution in [0.3, 0.4) is 0 Å². The van der Waals surface area contributed by atoms with Crippen LogP contribution in [-0.4, -0.2) is 43.8 Å². The molecule has 0 radical (unpaired) electrons. The van der Waals surface area contributed by atoms with Crippen LogP contribution in [0, 0.1) is 5.92 Å². The van der Waals surface area contributed by atoms with Gasteiger partial charge in [-0.1, -0.05) is 0 Å². The molecule has 2 rings (SSSR count). The number of nitrogens with one attached hydrogen (secondary N) is 1. The number of rotatable bonds is 6. The maximum absolute atomic E-state index is 10.1. The van der Waals surface area contributed by atoms with E-state index in [1.54, 1.807) is 19.2 Å². The molecule has 0 bridgehead atoms. The van der Waals surface area contributed by atoms with Gasteiger partial charge in [-0.3, -0.25) is 4.90 Å². The van der Waals surface area contributed by atoms with E-state index in [1.807, 2.05) is 13.1 Å². The molecule has 1 unspecified atom stereocenters. The summed E-state index contributed by atoms with van der Waals surface area (Å²) in [7, 11) is 3.68. The molecule has 1 aromatic rings. The largest absolute Gasteiger partial charge is 0.508 e. The molecule has 0 aliphatic carbocycles. The first-order valence-corrected chi connectivity index (χ1v) is 7.91. The molecule has 4 heteroatoms. The van der Waals surface area contributed by atoms with Crippen LogP contribution in [0.1, 0.15) is 37.8 Å². The van der Waals surface area contributed by atoms with Gasteiger partial charge in [-0.05, 0) is 77.0 Å². The zero-order chi connectivity index (χ0) is 15.2. The lowest BCUT2D eigenvalue weighted by atomic mass is 9.92. The normalized spacial score (nSPS) is 18.6. The summed E-state index contributed by atoms with van der Waals surface area (Å²) in [5.74, 6) is 2.00. The summed E-state index contributed by atoms with van der Waals surface area (Å²) in [4.78, 5) is 2.46. The molecular weight excluding hydrogens is 264 g/mol. The summed E-state index contributed by atoms with van der Waals surface area (Å²) in [5, 5.41) is 13.3. The van der Waals surface area contributed by atoms with Crippen molar-refractivity contribution in [2.24, 2.45) is 5.92 Å². The minimum atomic E-state index is 0.227. The first kappa shape index (κ1) is 16.1. The molecule has 0 amide bonds. The van der Waals surface area contributed by atoms with Gasteiger partial charge < -0.3 is 15.2 Å². The van der Waals surface area contributed by atoms with Gasteiger partial charge in [0.1, 0.15) is 11.5 Å². The van der Waals surface area contributed by atoms with Crippen LogP contribution in [0.2, 0.25) is 0 Å². The summed E-state index contributed by atoms with van der Waals surface area (Å²) in [6.07, 6.45) is 3.76. The highest BCUT2D eigenvalue weighted by Crippen LogP contribution is 2.34. The summed E-state index contributed by atoms with van der Waals surface area (Å²) in [6.45, 7) is 5.48. The highest BCUT2D eigenvalue weighted by Gasteiger charge is 2.24. The van der Waals surface area contributed by atoms with Crippen LogP contribution in [-0.2, 0) is 0 Å². The van der Waals surface area contributed by atoms with Gasteiger partial charge in [0.2, 0.25) is 0 Å². The Labute approximate surface area is 128 Å². The topological polar surface area (TPSA) is 44.7 Å². The Balaban J connectivity index is 1.97. The molecule has 0 aromatic heterocycles. The molecule has 1 saturated heterocycles. The lowest BCUT2D eigenvalue weighted by Crippen LogP contribution is -2.36. The zero-order valence-electron chi connectivity index (χ0n) is 13.4. The predicted molar refractivity (Wildman–Crippen MR) is 85.9 cm³/mol. The lowest BCUT2D eigenvalue weighted by Gasteiger charge is -2.36. The number of phenolic OH excluding ortho intramolecular Hbond substituents is 1. The summed E-state index contributed by atoms with van der Waals surface area (Å²) in [5.41, 5.74) is 0.961. The molecule has 1 heterocycles. The van der Waals surface area contributed by atoms with Crippen molar-refractivity contribution in [1.82, 2.24) is 10.2 Å². The monoisotopic (exact) mass is 292 g/mol. The van der Waals surface area contributed by atoms with Crippen molar-refractivity contribution < 1.29 is 9.84 Å². The first-order valence-electron chi connectivity index (χ1n) is 7.91. The number of hydrogen-bond acceptors (Lipinski definition) is 4. The van der Waals surface area contributed by atoms with E-state index in [-0.39, 0.29) is 6.04 Å². The van der Waals surface area contributed by atoms with Gasteiger partial charge in [-0.25, -0.2) is 0 Å². The second-order valence-electron chi connectivity index (χ2n) is 5.97. The van der Waals surface area contributed by atoms with E-state index < -0.39 is 0 Å². The number of likely N-dealkylation sites (tertiary alicyclic amines) is 1. The van der Waals surface area contributed by atoms with E-state index in [4.69, 9.17) is 4.74 Å². The maximum Gasteiger partial charge on any atom is 0.120 e. The van der Waals surface area contributed by atoms with Crippen LogP contribution in [0.15, 0.2) is 18.2 Å². The third-order valence-electron chi connectivity index (χ3n) is 4.68. The number of benzene rings is 1. The van der Waals surface area contributed by atoms with Gasteiger partial charge in [-0.2, -0.15) is 0 Å². The number of aromatic hydroxyl groups is 1. The van der Waals surface area contributed by atoms with E-state index in [9.17, 15) is 5.11 Å². The van der Waals surface area contributed by atoms with E-state index in [2.05, 4.69) is 17.1 Å². The fourth-order valence-electron chi connectivity index (χ4n) is 3.17. The average molecular weight is 292 g/mol. The summed E-state index contributed by atoms with van der Waals surface area (Å²) in [6, 6.07) is 5.71. The number of piperidine rings is 1. The van der Waals surface area contributed by atoms with Crippen molar-refractivity contribution in [2.75, 3.05) is 33.8 Å². The molecule has 1 atom stereocenters. The van der Waals surface area contributed by atoms with Crippen LogP contribution in [0.25, 0.3) is 0 Å². The average Bonchev–Trinajstić information content (AvgIpc) is 2.53. The zero-order valence-corrected chi connectivity index (χ0v) is 13.4. The predicted octanol–water partition coefficient (Wildman–Crippen LogP) is 2.78. The molecule has 118 valence electrons. The van der Waals surface area contributed by atoms with Gasteiger partial charge in [0.15, 0.2) is 0 Å². The summed E-state index contributed by atoms with van der Waals surface area (Å²) >= 11 is 0. The Kier molecular flexibility index (Phi) is 5.88. The second kappa shape index (κ2) is 7.66. The Bertz CT molecular complexity index is 442. The van der Waals surface area contributed by atoms with Crippen LogP contribution in [0.4, 0.5) is 0 Å². The molecule has 1 aliphatic heterocycles. The Hall–Kier alpha value is -1.26. The van der Waals surface area contributed by atoms with Crippen molar-refractivity contribution in [2.45, 2.75) is 32.2 Å². The van der Waals surface area contributed by atoms with Crippen LogP contribution in [0.5, 0.6) is 11.5 Å². The van der Waals surface area contributed by atoms with Crippen molar-refractivity contribution in [3.63, 3.8) is 0 Å². The van der Waals surface area contributed by atoms with Crippen LogP contribution < -0.4 is 10.1 Å². The smallest absolute Gasteiger partial charge is 0.120 e. The highest BCUT2D eigenvalue weighted by molar-refractivity contribution is 5.41. The van der Waals surface area contributed by atoms with Crippen molar-refractivity contribution in [3.05, 3.63) is 23.8 Å². The quantitative estimate of drug-likeness (QED) is 0.846. The van der Waals surface area contributed by atoms with E-state index in [0.29, 0.717) is 5.75 Å². The number of methoxy groups -OCH3 is 1. The minimum Gasteiger partial charge on any atom is -0.508 e. The molecule has 1 aromatic carbocycles. The molecule has 0 saturated carbocycles. The molecule has 2 N–H and O–H groups in total. The molecule has 0 spiro atoms. The number of phenols is 1. The van der Waals surface area contributed by atoms with Gasteiger partial charge in [-0.15, -0.1) is 0 Å². The standard InChI is InChI=1S/C17H28N2O2/c1-13(16-12-15(21-3)4-5-17(16)20)19-10-7-14(8-11-19)6-9-18-2/h4-5,12-14,18,20H,6-11H2,1-3H3. The molecule has 1 fully saturated rings. The van der Waals surface area contributed by atoms with Crippen molar-refractivity contribution in [3.8, 4) is 11.5 Å². The third-order valence-corrected chi connectivity index (χ3v) is 4.68. The first-order chi connectivity index (χ1) is 10.2. The lowest BCUT2D eigenvalue weighted by molar-refractivity contribution is 0.136. The third kappa shape index (κ3) is 4.11. The number of ether oxygens (including phenoxy) is 1. The SMILES string of the molecule is CNCCC1CCN(C(C)c2cc(OC)ccc2O)CC1. The Morgan fingerprint density at radius 1 is 1.38 bits per heavy atom. The Morgan fingerprint density at radius 2 is 2.10 bits per heavy atom. The van der Waals surface area contributed by atoms with Crippen LogP contribution >= 0.6 is 0 Å². The molecular formula is C17H28N2O2. The highest BCUT2D eigenvalue weighted by atomic mass is 16.5. The Morgan fingerprint density at radius 3 is 2.71 bits per heavy atom. The van der Waals surface area contributed by atoms with Crippen molar-refractivity contribution >= 4 is 0 Å². The van der Waals surface area contributed by atoms with E-state index in [1.165, 1.54) is 19.3 Å². The minimum absolute atomic E-state index is 0.227. The van der Waals surface area contributed by atoms with Gasteiger partial charge in [0.05, 0.1) is 7.11 Å².